The van der Waals surface area contributed by atoms with E-state index in [0.717, 1.165) is 35.3 Å². The third-order valence-corrected chi connectivity index (χ3v) is 2.55. The third kappa shape index (κ3) is 8.65. The molecular weight excluding hydrogens is 216 g/mol. The number of nitrogens with zero attached hydrogens (tertiary/aromatic N) is 4. The minimum Gasteiger partial charge on any atom is -0.370 e. The Morgan fingerprint density at radius 1 is 1.12 bits per heavy atom. The molecule has 96 valence electrons. The van der Waals surface area contributed by atoms with Crippen LogP contribution in [0.4, 0.5) is 0 Å². The Morgan fingerprint density at radius 2 is 1.65 bits per heavy atom. The first-order valence-electron chi connectivity index (χ1n) is 5.79. The first-order valence-corrected chi connectivity index (χ1v) is 5.79. The quantitative estimate of drug-likeness (QED) is 0.512. The molecule has 0 aromatic carbocycles. The van der Waals surface area contributed by atoms with E-state index in [1.807, 2.05) is 21.1 Å². The number of likely N-dealkylation sites (N-methyl/N-ethyl adjacent to an activating group) is 1. The smallest absolute Gasteiger partial charge is 0.166 e. The van der Waals surface area contributed by atoms with Crippen LogP contribution in [0.15, 0.2) is 0 Å². The SMILES string of the molecule is C[N+](C)(C)CC#N.C[N+]1(CC#N)CCOCC1. The molecule has 0 aliphatic carbocycles. The van der Waals surface area contributed by atoms with Crippen molar-refractivity contribution in [2.75, 3.05) is 67.6 Å². The van der Waals surface area contributed by atoms with Crippen molar-refractivity contribution in [2.24, 2.45) is 0 Å². The maximum absolute atomic E-state index is 8.48. The Balaban J connectivity index is 0.000000325. The minimum absolute atomic E-state index is 0.583. The fourth-order valence-electron chi connectivity index (χ4n) is 1.32. The van der Waals surface area contributed by atoms with E-state index in [2.05, 4.69) is 19.2 Å². The molecule has 1 saturated heterocycles. The van der Waals surface area contributed by atoms with Crippen LogP contribution >= 0.6 is 0 Å². The molecule has 0 amide bonds. The van der Waals surface area contributed by atoms with Crippen molar-refractivity contribution in [3.8, 4) is 12.1 Å². The van der Waals surface area contributed by atoms with Gasteiger partial charge in [0, 0.05) is 0 Å². The molecule has 1 heterocycles. The zero-order valence-corrected chi connectivity index (χ0v) is 11.4. The summed E-state index contributed by atoms with van der Waals surface area (Å²) in [5.74, 6) is 0. The normalized spacial score (nSPS) is 18.2. The number of morpholine rings is 1. The highest BCUT2D eigenvalue weighted by Crippen LogP contribution is 2.05. The lowest BCUT2D eigenvalue weighted by Gasteiger charge is -2.35. The summed E-state index contributed by atoms with van der Waals surface area (Å²) >= 11 is 0. The lowest BCUT2D eigenvalue weighted by Crippen LogP contribution is -2.51. The van der Waals surface area contributed by atoms with Crippen LogP contribution in [0.1, 0.15) is 0 Å². The van der Waals surface area contributed by atoms with E-state index < -0.39 is 0 Å². The lowest BCUT2D eigenvalue weighted by atomic mass is 10.3. The highest BCUT2D eigenvalue weighted by molar-refractivity contribution is 4.68. The largest absolute Gasteiger partial charge is 0.370 e. The Labute approximate surface area is 105 Å². The fourth-order valence-corrected chi connectivity index (χ4v) is 1.32. The van der Waals surface area contributed by atoms with Gasteiger partial charge in [-0.15, -0.1) is 0 Å². The lowest BCUT2D eigenvalue weighted by molar-refractivity contribution is -0.910. The number of ether oxygens (including phenoxy) is 1. The number of nitriles is 2. The van der Waals surface area contributed by atoms with E-state index in [0.29, 0.717) is 13.1 Å². The first-order chi connectivity index (χ1) is 7.83. The van der Waals surface area contributed by atoms with Gasteiger partial charge in [0.15, 0.2) is 13.1 Å². The standard InChI is InChI=1S/C7H13N2O.C5H11N2/c1-9(3-2-8)4-6-10-7-5-9;1-7(2,3)5-4-6/h3-7H2,1H3;5H2,1-3H3/q2*+1. The second kappa shape index (κ2) is 7.24. The van der Waals surface area contributed by atoms with Crippen LogP contribution in [0.25, 0.3) is 0 Å². The van der Waals surface area contributed by atoms with E-state index in [-0.39, 0.29) is 0 Å². The van der Waals surface area contributed by atoms with Gasteiger partial charge in [-0.25, -0.2) is 0 Å². The van der Waals surface area contributed by atoms with E-state index in [9.17, 15) is 0 Å². The van der Waals surface area contributed by atoms with E-state index in [1.165, 1.54) is 0 Å². The van der Waals surface area contributed by atoms with Gasteiger partial charge in [0.2, 0.25) is 0 Å². The third-order valence-electron chi connectivity index (χ3n) is 2.55. The summed E-state index contributed by atoms with van der Waals surface area (Å²) in [6.45, 7) is 4.76. The van der Waals surface area contributed by atoms with Gasteiger partial charge in [-0.2, -0.15) is 10.5 Å². The van der Waals surface area contributed by atoms with Gasteiger partial charge in [0.25, 0.3) is 0 Å². The van der Waals surface area contributed by atoms with Crippen LogP contribution in [0.3, 0.4) is 0 Å². The van der Waals surface area contributed by atoms with Gasteiger partial charge >= 0.3 is 0 Å². The molecule has 17 heavy (non-hydrogen) atoms. The zero-order valence-electron chi connectivity index (χ0n) is 11.4. The molecule has 1 rings (SSSR count). The Morgan fingerprint density at radius 3 is 1.94 bits per heavy atom. The van der Waals surface area contributed by atoms with Crippen molar-refractivity contribution in [1.82, 2.24) is 0 Å². The summed E-state index contributed by atoms with van der Waals surface area (Å²) in [5, 5.41) is 16.6. The molecule has 0 spiro atoms. The Hall–Kier alpha value is -1.14. The molecular formula is C12H24N4O+2. The highest BCUT2D eigenvalue weighted by Gasteiger charge is 2.24. The minimum atomic E-state index is 0.583. The van der Waals surface area contributed by atoms with E-state index >= 15 is 0 Å². The number of hydrogen-bond acceptors (Lipinski definition) is 3. The summed E-state index contributed by atoms with van der Waals surface area (Å²) in [5.41, 5.74) is 0. The van der Waals surface area contributed by atoms with E-state index in [4.69, 9.17) is 15.3 Å². The fraction of sp³-hybridized carbons (Fsp3) is 0.833. The van der Waals surface area contributed by atoms with Crippen LogP contribution in [0.5, 0.6) is 0 Å². The molecule has 1 aliphatic rings. The van der Waals surface area contributed by atoms with Crippen molar-refractivity contribution in [2.45, 2.75) is 0 Å². The second-order valence-corrected chi connectivity index (χ2v) is 5.60. The number of quaternary nitrogens is 2. The predicted octanol–water partition coefficient (Wildman–Crippen LogP) is 0.203. The Bertz CT molecular complexity index is 289. The summed E-state index contributed by atoms with van der Waals surface area (Å²) < 4.78 is 6.78. The summed E-state index contributed by atoms with van der Waals surface area (Å²) in [6.07, 6.45) is 0. The molecule has 0 aromatic heterocycles. The van der Waals surface area contributed by atoms with Crippen molar-refractivity contribution < 1.29 is 13.7 Å². The zero-order chi connectivity index (χ0) is 13.4. The monoisotopic (exact) mass is 240 g/mol. The Kier molecular flexibility index (Phi) is 6.75. The average Bonchev–Trinajstić information content (AvgIpc) is 2.17. The van der Waals surface area contributed by atoms with Crippen LogP contribution in [0, 0.1) is 22.7 Å². The van der Waals surface area contributed by atoms with Gasteiger partial charge in [0.1, 0.15) is 25.2 Å². The summed E-state index contributed by atoms with van der Waals surface area (Å²) in [7, 11) is 8.07. The molecule has 5 nitrogen and oxygen atoms in total. The molecule has 0 N–H and O–H groups in total. The average molecular weight is 240 g/mol. The summed E-state index contributed by atoms with van der Waals surface area (Å²) in [4.78, 5) is 0. The number of hydrogen-bond donors (Lipinski definition) is 0. The topological polar surface area (TPSA) is 56.8 Å². The van der Waals surface area contributed by atoms with Crippen LogP contribution in [0.2, 0.25) is 0 Å². The van der Waals surface area contributed by atoms with E-state index in [1.54, 1.807) is 0 Å². The maximum Gasteiger partial charge on any atom is 0.166 e. The number of rotatable bonds is 2. The van der Waals surface area contributed by atoms with Crippen molar-refractivity contribution >= 4 is 0 Å². The van der Waals surface area contributed by atoms with Gasteiger partial charge in [-0.1, -0.05) is 0 Å². The van der Waals surface area contributed by atoms with Crippen LogP contribution in [-0.2, 0) is 4.74 Å². The van der Waals surface area contributed by atoms with Crippen molar-refractivity contribution in [3.05, 3.63) is 0 Å². The molecule has 0 bridgehead atoms. The molecule has 1 aliphatic heterocycles. The molecule has 0 radical (unpaired) electrons. The second-order valence-electron chi connectivity index (χ2n) is 5.60. The predicted molar refractivity (Wildman–Crippen MR) is 65.7 cm³/mol. The van der Waals surface area contributed by atoms with Crippen molar-refractivity contribution in [1.29, 1.82) is 10.5 Å². The van der Waals surface area contributed by atoms with Gasteiger partial charge < -0.3 is 13.7 Å². The molecule has 0 atom stereocenters. The first kappa shape index (κ1) is 15.9. The summed E-state index contributed by atoms with van der Waals surface area (Å²) in [6, 6.07) is 4.27. The maximum atomic E-state index is 8.48. The molecule has 5 heteroatoms. The van der Waals surface area contributed by atoms with Gasteiger partial charge in [-0.05, 0) is 0 Å². The molecule has 1 fully saturated rings. The van der Waals surface area contributed by atoms with Gasteiger partial charge in [0.05, 0.1) is 41.4 Å². The van der Waals surface area contributed by atoms with Crippen molar-refractivity contribution in [3.63, 3.8) is 0 Å². The van der Waals surface area contributed by atoms with Crippen LogP contribution in [-0.4, -0.2) is 76.5 Å². The molecule has 0 aromatic rings. The molecule has 0 saturated carbocycles. The highest BCUT2D eigenvalue weighted by atomic mass is 16.5. The van der Waals surface area contributed by atoms with Gasteiger partial charge in [-0.3, -0.25) is 0 Å². The van der Waals surface area contributed by atoms with Crippen LogP contribution < -0.4 is 0 Å². The molecule has 0 unspecified atom stereocenters.